The number of amides is 2. The van der Waals surface area contributed by atoms with Crippen molar-refractivity contribution < 1.29 is 18.0 Å². The Morgan fingerprint density at radius 3 is 2.36 bits per heavy atom. The van der Waals surface area contributed by atoms with E-state index >= 15 is 0 Å². The summed E-state index contributed by atoms with van der Waals surface area (Å²) in [4.78, 5) is 27.7. The second-order valence-electron chi connectivity index (χ2n) is 6.14. The lowest BCUT2D eigenvalue weighted by Gasteiger charge is -2.47. The summed E-state index contributed by atoms with van der Waals surface area (Å²) in [5.41, 5.74) is 0.658. The molecule has 3 heterocycles. The van der Waals surface area contributed by atoms with Crippen LogP contribution in [0.15, 0.2) is 11.3 Å². The molecule has 0 aromatic carbocycles. The molecule has 2 amide bonds. The molecule has 3 rings (SSSR count). The fraction of sp³-hybridized carbons (Fsp3) is 0.714. The molecule has 0 aliphatic carbocycles. The minimum atomic E-state index is -3.51. The first-order valence-electron chi connectivity index (χ1n) is 7.52. The van der Waals surface area contributed by atoms with E-state index in [1.54, 1.807) is 11.8 Å². The number of rotatable bonds is 1. The summed E-state index contributed by atoms with van der Waals surface area (Å²) in [6, 6.07) is 0. The molecule has 3 aliphatic heterocycles. The van der Waals surface area contributed by atoms with E-state index in [0.29, 0.717) is 18.7 Å². The number of sulfone groups is 1. The maximum absolute atomic E-state index is 12.8. The number of hydrogen-bond acceptors (Lipinski definition) is 4. The highest BCUT2D eigenvalue weighted by Gasteiger charge is 2.59. The fourth-order valence-corrected chi connectivity index (χ4v) is 5.99. The molecule has 2 fully saturated rings. The minimum absolute atomic E-state index is 0.209. The van der Waals surface area contributed by atoms with Crippen molar-refractivity contribution in [2.45, 2.75) is 43.4 Å². The Balaban J connectivity index is 1.94. The highest BCUT2D eigenvalue weighted by atomic mass is 35.5. The second-order valence-corrected chi connectivity index (χ2v) is 8.71. The van der Waals surface area contributed by atoms with Gasteiger partial charge in [-0.2, -0.15) is 0 Å². The van der Waals surface area contributed by atoms with Crippen molar-refractivity contribution in [3.8, 4) is 0 Å². The molecule has 122 valence electrons. The number of carbonyl (C=O) groups is 2. The molecule has 1 unspecified atom stereocenters. The van der Waals surface area contributed by atoms with Crippen LogP contribution in [0, 0.1) is 0 Å². The summed E-state index contributed by atoms with van der Waals surface area (Å²) in [7, 11) is -3.51. The summed E-state index contributed by atoms with van der Waals surface area (Å²) in [6.45, 7) is 2.91. The zero-order valence-electron chi connectivity index (χ0n) is 12.4. The van der Waals surface area contributed by atoms with Gasteiger partial charge in [-0.15, -0.1) is 11.6 Å². The van der Waals surface area contributed by atoms with E-state index in [-0.39, 0.29) is 17.4 Å². The third kappa shape index (κ3) is 2.34. The Hall–Kier alpha value is -1.08. The maximum atomic E-state index is 12.8. The van der Waals surface area contributed by atoms with Gasteiger partial charge in [0.15, 0.2) is 15.2 Å². The van der Waals surface area contributed by atoms with Crippen LogP contribution in [-0.4, -0.2) is 59.6 Å². The van der Waals surface area contributed by atoms with Crippen molar-refractivity contribution in [1.29, 1.82) is 0 Å². The van der Waals surface area contributed by atoms with Crippen molar-refractivity contribution >= 4 is 33.3 Å². The number of nitrogens with zero attached hydrogens (tertiary/aromatic N) is 2. The van der Waals surface area contributed by atoms with E-state index in [1.807, 2.05) is 0 Å². The number of β-lactam (4-membered cyclic amide) rings is 1. The van der Waals surface area contributed by atoms with Crippen molar-refractivity contribution in [1.82, 2.24) is 9.80 Å². The van der Waals surface area contributed by atoms with Crippen molar-refractivity contribution in [2.24, 2.45) is 0 Å². The lowest BCUT2D eigenvalue weighted by atomic mass is 10.1. The van der Waals surface area contributed by atoms with Crippen LogP contribution in [0.3, 0.4) is 0 Å². The standard InChI is InChI=1S/C14H19ClN2O4S/c1-9-8-22(20,21)14-10(15)12(18)17(14)11(9)13(19)16-6-4-2-3-5-7-16/h10,14H,2-8H2,1H3/t10-,14?/m0/s1. The van der Waals surface area contributed by atoms with E-state index in [1.165, 1.54) is 0 Å². The normalized spacial score (nSPS) is 31.5. The average Bonchev–Trinajstić information content (AvgIpc) is 2.73. The summed E-state index contributed by atoms with van der Waals surface area (Å²) >= 11 is 5.87. The zero-order valence-corrected chi connectivity index (χ0v) is 14.0. The van der Waals surface area contributed by atoms with E-state index in [9.17, 15) is 18.0 Å². The quantitative estimate of drug-likeness (QED) is 0.521. The van der Waals surface area contributed by atoms with Crippen LogP contribution in [0.1, 0.15) is 32.6 Å². The van der Waals surface area contributed by atoms with E-state index in [4.69, 9.17) is 11.6 Å². The van der Waals surface area contributed by atoms with Crippen LogP contribution in [0.4, 0.5) is 0 Å². The third-order valence-corrected chi connectivity index (χ3v) is 7.13. The smallest absolute Gasteiger partial charge is 0.270 e. The van der Waals surface area contributed by atoms with Gasteiger partial charge in [0, 0.05) is 13.1 Å². The highest BCUT2D eigenvalue weighted by molar-refractivity contribution is 7.92. The van der Waals surface area contributed by atoms with Gasteiger partial charge in [-0.05, 0) is 25.3 Å². The first-order chi connectivity index (χ1) is 10.3. The topological polar surface area (TPSA) is 74.8 Å². The molecule has 0 aromatic rings. The fourth-order valence-electron chi connectivity index (χ4n) is 3.38. The summed E-state index contributed by atoms with van der Waals surface area (Å²) in [6.07, 6.45) is 4.05. The van der Waals surface area contributed by atoms with Gasteiger partial charge < -0.3 is 4.90 Å². The molecule has 2 atom stereocenters. The molecular weight excluding hydrogens is 328 g/mol. The molecule has 3 aliphatic rings. The Morgan fingerprint density at radius 1 is 1.18 bits per heavy atom. The lowest BCUT2D eigenvalue weighted by molar-refractivity contribution is -0.143. The SMILES string of the molecule is CC1=C(C(=O)N2CCCCCC2)N2C(=O)[C@H](Cl)C2S(=O)(=O)C1. The van der Waals surface area contributed by atoms with E-state index < -0.39 is 26.5 Å². The van der Waals surface area contributed by atoms with Crippen LogP contribution in [0.5, 0.6) is 0 Å². The van der Waals surface area contributed by atoms with Crippen LogP contribution >= 0.6 is 11.6 Å². The van der Waals surface area contributed by atoms with Gasteiger partial charge in [0.25, 0.3) is 5.91 Å². The first-order valence-corrected chi connectivity index (χ1v) is 9.67. The van der Waals surface area contributed by atoms with Crippen molar-refractivity contribution in [3.63, 3.8) is 0 Å². The Labute approximate surface area is 135 Å². The van der Waals surface area contributed by atoms with Gasteiger partial charge in [-0.1, -0.05) is 12.8 Å². The monoisotopic (exact) mass is 346 g/mol. The summed E-state index contributed by atoms with van der Waals surface area (Å²) < 4.78 is 24.3. The van der Waals surface area contributed by atoms with Gasteiger partial charge in [0.2, 0.25) is 5.91 Å². The van der Waals surface area contributed by atoms with E-state index in [0.717, 1.165) is 30.6 Å². The zero-order chi connectivity index (χ0) is 16.1. The van der Waals surface area contributed by atoms with Crippen molar-refractivity contribution in [3.05, 3.63) is 11.3 Å². The Kier molecular flexibility index (Phi) is 3.97. The molecular formula is C14H19ClN2O4S. The molecule has 0 bridgehead atoms. The van der Waals surface area contributed by atoms with Crippen LogP contribution < -0.4 is 0 Å². The lowest BCUT2D eigenvalue weighted by Crippen LogP contribution is -2.68. The molecule has 2 saturated heterocycles. The average molecular weight is 347 g/mol. The van der Waals surface area contributed by atoms with Crippen LogP contribution in [0.25, 0.3) is 0 Å². The van der Waals surface area contributed by atoms with Crippen LogP contribution in [0.2, 0.25) is 0 Å². The molecule has 0 radical (unpaired) electrons. The van der Waals surface area contributed by atoms with Gasteiger partial charge in [0.05, 0.1) is 5.75 Å². The molecule has 0 aromatic heterocycles. The summed E-state index contributed by atoms with van der Waals surface area (Å²) in [5.74, 6) is -0.941. The van der Waals surface area contributed by atoms with E-state index in [2.05, 4.69) is 0 Å². The largest absolute Gasteiger partial charge is 0.337 e. The van der Waals surface area contributed by atoms with Crippen LogP contribution in [-0.2, 0) is 19.4 Å². The molecule has 0 N–H and O–H groups in total. The predicted octanol–water partition coefficient (Wildman–Crippen LogP) is 0.867. The third-order valence-electron chi connectivity index (χ3n) is 4.50. The number of alkyl halides is 1. The number of halogens is 1. The predicted molar refractivity (Wildman–Crippen MR) is 81.8 cm³/mol. The molecule has 0 saturated carbocycles. The maximum Gasteiger partial charge on any atom is 0.270 e. The molecule has 6 nitrogen and oxygen atoms in total. The number of fused-ring (bicyclic) bond motifs is 1. The highest BCUT2D eigenvalue weighted by Crippen LogP contribution is 2.39. The Morgan fingerprint density at radius 2 is 1.77 bits per heavy atom. The van der Waals surface area contributed by atoms with Gasteiger partial charge >= 0.3 is 0 Å². The molecule has 22 heavy (non-hydrogen) atoms. The van der Waals surface area contributed by atoms with Gasteiger partial charge in [-0.3, -0.25) is 14.5 Å². The summed E-state index contributed by atoms with van der Waals surface area (Å²) in [5, 5.41) is -2.17. The molecule has 0 spiro atoms. The van der Waals surface area contributed by atoms with Gasteiger partial charge in [-0.25, -0.2) is 8.42 Å². The van der Waals surface area contributed by atoms with Gasteiger partial charge in [0.1, 0.15) is 11.1 Å². The number of hydrogen-bond donors (Lipinski definition) is 0. The second kappa shape index (κ2) is 5.53. The number of likely N-dealkylation sites (tertiary alicyclic amines) is 1. The minimum Gasteiger partial charge on any atom is -0.337 e. The Bertz CT molecular complexity index is 650. The first kappa shape index (κ1) is 15.8. The number of carbonyl (C=O) groups excluding carboxylic acids is 2. The molecule has 8 heteroatoms. The van der Waals surface area contributed by atoms with Crippen molar-refractivity contribution in [2.75, 3.05) is 18.8 Å².